The zero-order chi connectivity index (χ0) is 12.3. The second-order valence-corrected chi connectivity index (χ2v) is 5.53. The van der Waals surface area contributed by atoms with E-state index in [9.17, 15) is 12.6 Å². The van der Waals surface area contributed by atoms with Crippen LogP contribution in [0.3, 0.4) is 0 Å². The quantitative estimate of drug-likeness (QED) is 0.789. The summed E-state index contributed by atoms with van der Waals surface area (Å²) in [5.41, 5.74) is 0.0371. The molecule has 0 aliphatic carbocycles. The average Bonchev–Trinajstić information content (AvgIpc) is 2.14. The van der Waals surface area contributed by atoms with Crippen molar-refractivity contribution in [1.82, 2.24) is 0 Å². The van der Waals surface area contributed by atoms with Crippen LogP contribution in [0.5, 0.6) is 0 Å². The molecule has 0 aromatic heterocycles. The Bertz CT molecular complexity index is 575. The number of nitrogens with one attached hydrogen (secondary N) is 1. The van der Waals surface area contributed by atoms with E-state index in [1.165, 1.54) is 24.5 Å². The van der Waals surface area contributed by atoms with Gasteiger partial charge in [-0.3, -0.25) is 8.93 Å². The van der Waals surface area contributed by atoms with Gasteiger partial charge in [-0.15, -0.1) is 0 Å². The second kappa shape index (κ2) is 4.61. The summed E-state index contributed by atoms with van der Waals surface area (Å²) in [4.78, 5) is 0.260. The van der Waals surface area contributed by atoms with Crippen LogP contribution in [-0.2, 0) is 21.0 Å². The fraction of sp³-hybridized carbons (Fsp3) is 0.125. The largest absolute Gasteiger partial charge is 0.296 e. The molecule has 0 radical (unpaired) electrons. The van der Waals surface area contributed by atoms with Crippen molar-refractivity contribution in [3.8, 4) is 6.07 Å². The molecule has 16 heavy (non-hydrogen) atoms. The summed E-state index contributed by atoms with van der Waals surface area (Å²) in [5, 5.41) is 13.7. The minimum absolute atomic E-state index is 0.0114. The third-order valence-electron chi connectivity index (χ3n) is 1.70. The van der Waals surface area contributed by atoms with Gasteiger partial charge in [-0.05, 0) is 12.1 Å². The van der Waals surface area contributed by atoms with Gasteiger partial charge in [0.25, 0.3) is 10.2 Å². The van der Waals surface area contributed by atoms with Gasteiger partial charge < -0.3 is 0 Å². The number of nitriles is 1. The van der Waals surface area contributed by atoms with Crippen LogP contribution in [0.1, 0.15) is 5.56 Å². The molecule has 3 N–H and O–H groups in total. The summed E-state index contributed by atoms with van der Waals surface area (Å²) in [6, 6.07) is 6.15. The molecule has 0 aliphatic heterocycles. The van der Waals surface area contributed by atoms with Crippen molar-refractivity contribution in [1.29, 1.82) is 5.26 Å². The van der Waals surface area contributed by atoms with E-state index in [1.807, 2.05) is 4.72 Å². The highest BCUT2D eigenvalue weighted by molar-refractivity contribution is 7.90. The molecule has 6 nitrogen and oxygen atoms in total. The van der Waals surface area contributed by atoms with E-state index in [0.29, 0.717) is 0 Å². The first-order valence-electron chi connectivity index (χ1n) is 4.02. The van der Waals surface area contributed by atoms with Crippen LogP contribution in [0.15, 0.2) is 23.1 Å². The molecule has 8 heteroatoms. The maximum absolute atomic E-state index is 11.3. The lowest BCUT2D eigenvalue weighted by Crippen LogP contribution is -2.22. The van der Waals surface area contributed by atoms with Crippen molar-refractivity contribution in [2.75, 3.05) is 11.0 Å². The molecule has 1 aromatic carbocycles. The van der Waals surface area contributed by atoms with E-state index in [2.05, 4.69) is 0 Å². The van der Waals surface area contributed by atoms with Crippen molar-refractivity contribution in [2.24, 2.45) is 5.14 Å². The van der Waals surface area contributed by atoms with Gasteiger partial charge in [-0.2, -0.15) is 13.7 Å². The second-order valence-electron chi connectivity index (χ2n) is 2.89. The Morgan fingerprint density at radius 3 is 2.56 bits per heavy atom. The third-order valence-corrected chi connectivity index (χ3v) is 3.16. The van der Waals surface area contributed by atoms with E-state index in [0.717, 1.165) is 0 Å². The van der Waals surface area contributed by atoms with E-state index in [1.54, 1.807) is 6.07 Å². The molecule has 0 amide bonds. The Kier molecular flexibility index (Phi) is 3.64. The van der Waals surface area contributed by atoms with Gasteiger partial charge in [0.1, 0.15) is 6.07 Å². The topological polar surface area (TPSA) is 113 Å². The number of anilines is 1. The molecule has 1 rings (SSSR count). The van der Waals surface area contributed by atoms with Crippen molar-refractivity contribution in [3.63, 3.8) is 0 Å². The van der Waals surface area contributed by atoms with E-state index < -0.39 is 21.0 Å². The molecule has 86 valence electrons. The minimum Gasteiger partial charge on any atom is -0.270 e. The lowest BCUT2D eigenvalue weighted by atomic mass is 10.2. The number of nitrogens with zero attached hydrogens (tertiary/aromatic N) is 1. The number of hydrogen-bond donors (Lipinski definition) is 2. The zero-order valence-corrected chi connectivity index (χ0v) is 9.93. The average molecular weight is 259 g/mol. The maximum atomic E-state index is 11.3. The van der Waals surface area contributed by atoms with Crippen LogP contribution in [0.2, 0.25) is 0 Å². The SMILES string of the molecule is CS(=O)c1cccc(NS(N)(=O)=O)c1C#N. The van der Waals surface area contributed by atoms with Crippen LogP contribution < -0.4 is 9.86 Å². The van der Waals surface area contributed by atoms with E-state index >= 15 is 0 Å². The van der Waals surface area contributed by atoms with Gasteiger partial charge in [0, 0.05) is 6.26 Å². The van der Waals surface area contributed by atoms with Crippen LogP contribution in [0.4, 0.5) is 5.69 Å². The van der Waals surface area contributed by atoms with Crippen LogP contribution in [0, 0.1) is 11.3 Å². The Hall–Kier alpha value is -1.43. The van der Waals surface area contributed by atoms with Crippen LogP contribution >= 0.6 is 0 Å². The molecule has 1 aromatic rings. The Labute approximate surface area is 95.7 Å². The highest BCUT2D eigenvalue weighted by Crippen LogP contribution is 2.21. The molecular weight excluding hydrogens is 250 g/mol. The molecule has 1 unspecified atom stereocenters. The van der Waals surface area contributed by atoms with Crippen molar-refractivity contribution in [2.45, 2.75) is 4.90 Å². The molecule has 0 aliphatic rings. The maximum Gasteiger partial charge on any atom is 0.296 e. The minimum atomic E-state index is -3.95. The summed E-state index contributed by atoms with van der Waals surface area (Å²) in [7, 11) is -5.33. The lowest BCUT2D eigenvalue weighted by molar-refractivity contribution is 0.603. The Morgan fingerprint density at radius 2 is 2.12 bits per heavy atom. The fourth-order valence-electron chi connectivity index (χ4n) is 1.12. The molecule has 0 saturated heterocycles. The van der Waals surface area contributed by atoms with Crippen molar-refractivity contribution < 1.29 is 12.6 Å². The molecule has 0 saturated carbocycles. The van der Waals surface area contributed by atoms with Crippen LogP contribution in [0.25, 0.3) is 0 Å². The van der Waals surface area contributed by atoms with Gasteiger partial charge in [-0.1, -0.05) is 6.07 Å². The first kappa shape index (κ1) is 12.6. The van der Waals surface area contributed by atoms with Gasteiger partial charge in [-0.25, -0.2) is 5.14 Å². The normalized spacial score (nSPS) is 12.8. The van der Waals surface area contributed by atoms with E-state index in [4.69, 9.17) is 10.4 Å². The summed E-state index contributed by atoms with van der Waals surface area (Å²) in [5.74, 6) is 0. The first-order chi connectivity index (χ1) is 7.35. The zero-order valence-electron chi connectivity index (χ0n) is 8.30. The number of rotatable bonds is 3. The number of benzene rings is 1. The molecule has 0 spiro atoms. The summed E-state index contributed by atoms with van der Waals surface area (Å²) in [6.07, 6.45) is 1.40. The highest BCUT2D eigenvalue weighted by atomic mass is 32.2. The Balaban J connectivity index is 3.37. The lowest BCUT2D eigenvalue weighted by Gasteiger charge is -2.08. The van der Waals surface area contributed by atoms with E-state index in [-0.39, 0.29) is 16.1 Å². The smallest absolute Gasteiger partial charge is 0.270 e. The summed E-state index contributed by atoms with van der Waals surface area (Å²) >= 11 is 0. The van der Waals surface area contributed by atoms with Gasteiger partial charge in [0.05, 0.1) is 26.9 Å². The van der Waals surface area contributed by atoms with Crippen molar-refractivity contribution >= 4 is 26.7 Å². The van der Waals surface area contributed by atoms with Gasteiger partial charge >= 0.3 is 0 Å². The molecular formula is C8H9N3O3S2. The summed E-state index contributed by atoms with van der Waals surface area (Å²) < 4.78 is 34.9. The Morgan fingerprint density at radius 1 is 1.50 bits per heavy atom. The molecule has 0 heterocycles. The fourth-order valence-corrected chi connectivity index (χ4v) is 2.31. The van der Waals surface area contributed by atoms with Crippen molar-refractivity contribution in [3.05, 3.63) is 23.8 Å². The van der Waals surface area contributed by atoms with Gasteiger partial charge in [0.2, 0.25) is 0 Å². The van der Waals surface area contributed by atoms with Gasteiger partial charge in [0.15, 0.2) is 0 Å². The standard InChI is InChI=1S/C8H9N3O3S2/c1-15(12)8-4-2-3-7(6(8)5-9)11-16(10,13)14/h2-4,11H,1H3,(H2,10,13,14). The predicted octanol–water partition coefficient (Wildman–Crippen LogP) is -0.0889. The predicted molar refractivity (Wildman–Crippen MR) is 60.2 cm³/mol. The third kappa shape index (κ3) is 3.03. The first-order valence-corrected chi connectivity index (χ1v) is 7.12. The molecule has 1 atom stereocenters. The number of hydrogen-bond acceptors (Lipinski definition) is 4. The number of nitrogens with two attached hydrogens (primary N) is 1. The van der Waals surface area contributed by atoms with Crippen LogP contribution in [-0.4, -0.2) is 18.9 Å². The summed E-state index contributed by atoms with van der Waals surface area (Å²) in [6.45, 7) is 0. The monoisotopic (exact) mass is 259 g/mol. The molecule has 0 bridgehead atoms. The highest BCUT2D eigenvalue weighted by Gasteiger charge is 2.13. The molecule has 0 fully saturated rings.